The minimum absolute atomic E-state index is 0.302. The zero-order chi connectivity index (χ0) is 14.8. The summed E-state index contributed by atoms with van der Waals surface area (Å²) in [6.07, 6.45) is 1.76. The lowest BCUT2D eigenvalue weighted by Crippen LogP contribution is -2.10. The lowest BCUT2D eigenvalue weighted by molar-refractivity contribution is 0.482. The number of hydrogen-bond acceptors (Lipinski definition) is 3. The van der Waals surface area contributed by atoms with E-state index in [1.165, 1.54) is 0 Å². The second-order valence-corrected chi connectivity index (χ2v) is 5.82. The molecule has 0 bridgehead atoms. The van der Waals surface area contributed by atoms with Gasteiger partial charge in [-0.25, -0.2) is 0 Å². The van der Waals surface area contributed by atoms with Gasteiger partial charge in [0.1, 0.15) is 16.5 Å². The van der Waals surface area contributed by atoms with Gasteiger partial charge in [-0.15, -0.1) is 0 Å². The van der Waals surface area contributed by atoms with Gasteiger partial charge in [0, 0.05) is 22.1 Å². The molecule has 0 radical (unpaired) electrons. The van der Waals surface area contributed by atoms with Crippen LogP contribution in [0.25, 0.3) is 10.9 Å². The first-order valence-electron chi connectivity index (χ1n) is 6.25. The van der Waals surface area contributed by atoms with E-state index in [1.807, 2.05) is 48.5 Å². The highest BCUT2D eigenvalue weighted by Crippen LogP contribution is 2.30. The van der Waals surface area contributed by atoms with E-state index in [1.54, 1.807) is 6.20 Å². The monoisotopic (exact) mass is 358 g/mol. The van der Waals surface area contributed by atoms with Crippen LogP contribution in [-0.2, 0) is 0 Å². The second-order valence-electron chi connectivity index (χ2n) is 4.46. The fourth-order valence-electron chi connectivity index (χ4n) is 2.02. The Labute approximate surface area is 135 Å². The minimum Gasteiger partial charge on any atom is -0.457 e. The molecule has 104 valence electrons. The average molecular weight is 359 g/mol. The third kappa shape index (κ3) is 3.04. The van der Waals surface area contributed by atoms with Crippen LogP contribution in [-0.4, -0.2) is 9.97 Å². The first-order valence-corrected chi connectivity index (χ1v) is 7.45. The van der Waals surface area contributed by atoms with Crippen molar-refractivity contribution in [3.8, 4) is 11.5 Å². The zero-order valence-electron chi connectivity index (χ0n) is 10.9. The van der Waals surface area contributed by atoms with E-state index >= 15 is 0 Å². The van der Waals surface area contributed by atoms with E-state index in [2.05, 4.69) is 20.9 Å². The van der Waals surface area contributed by atoms with Crippen LogP contribution in [0.2, 0.25) is 0 Å². The molecule has 0 aliphatic heterocycles. The summed E-state index contributed by atoms with van der Waals surface area (Å²) in [5, 5.41) is 1.06. The molecule has 0 spiro atoms. The Kier molecular flexibility index (Phi) is 3.86. The van der Waals surface area contributed by atoms with Crippen LogP contribution in [0.15, 0.2) is 59.2 Å². The van der Waals surface area contributed by atoms with Gasteiger partial charge in [0.2, 0.25) is 0 Å². The topological polar surface area (TPSA) is 48.1 Å². The van der Waals surface area contributed by atoms with Gasteiger partial charge in [-0.05, 0) is 36.4 Å². The summed E-state index contributed by atoms with van der Waals surface area (Å²) in [7, 11) is 0. The number of rotatable bonds is 3. The van der Waals surface area contributed by atoms with Crippen LogP contribution in [0.5, 0.6) is 11.5 Å². The first-order chi connectivity index (χ1) is 10.1. The van der Waals surface area contributed by atoms with Gasteiger partial charge >= 0.3 is 0 Å². The number of nitrogens with zero attached hydrogens (tertiary/aromatic N) is 1. The SMILES string of the molecule is NC(=S)c1ccc(Br)cc1Oc1ccc2cccnc2c1. The Morgan fingerprint density at radius 2 is 2.00 bits per heavy atom. The molecule has 0 saturated carbocycles. The fourth-order valence-corrected chi connectivity index (χ4v) is 2.53. The highest BCUT2D eigenvalue weighted by molar-refractivity contribution is 9.10. The third-order valence-corrected chi connectivity index (χ3v) is 3.73. The Bertz CT molecular complexity index is 835. The molecule has 21 heavy (non-hydrogen) atoms. The van der Waals surface area contributed by atoms with E-state index < -0.39 is 0 Å². The van der Waals surface area contributed by atoms with Crippen LogP contribution in [0, 0.1) is 0 Å². The molecule has 0 amide bonds. The molecule has 0 unspecified atom stereocenters. The first kappa shape index (κ1) is 14.0. The van der Waals surface area contributed by atoms with Gasteiger partial charge in [0.15, 0.2) is 0 Å². The van der Waals surface area contributed by atoms with Crippen molar-refractivity contribution in [3.05, 3.63) is 64.8 Å². The molecule has 3 aromatic rings. The minimum atomic E-state index is 0.302. The van der Waals surface area contributed by atoms with Crippen molar-refractivity contribution in [1.82, 2.24) is 4.98 Å². The maximum absolute atomic E-state index is 5.92. The van der Waals surface area contributed by atoms with Crippen molar-refractivity contribution in [2.24, 2.45) is 5.73 Å². The van der Waals surface area contributed by atoms with Crippen molar-refractivity contribution in [2.45, 2.75) is 0 Å². The van der Waals surface area contributed by atoms with E-state index in [4.69, 9.17) is 22.7 Å². The summed E-state index contributed by atoms with van der Waals surface area (Å²) in [6.45, 7) is 0. The molecule has 0 saturated heterocycles. The number of fused-ring (bicyclic) bond motifs is 1. The molecule has 5 heteroatoms. The van der Waals surface area contributed by atoms with E-state index in [0.717, 1.165) is 15.4 Å². The van der Waals surface area contributed by atoms with Crippen LogP contribution in [0.3, 0.4) is 0 Å². The Morgan fingerprint density at radius 3 is 2.81 bits per heavy atom. The Balaban J connectivity index is 2.02. The Hall–Kier alpha value is -1.98. The summed E-state index contributed by atoms with van der Waals surface area (Å²) in [4.78, 5) is 4.62. The molecular weight excluding hydrogens is 348 g/mol. The zero-order valence-corrected chi connectivity index (χ0v) is 13.3. The average Bonchev–Trinajstić information content (AvgIpc) is 2.47. The molecule has 0 fully saturated rings. The smallest absolute Gasteiger partial charge is 0.138 e. The lowest BCUT2D eigenvalue weighted by atomic mass is 10.2. The molecule has 0 aliphatic rings. The van der Waals surface area contributed by atoms with Crippen molar-refractivity contribution in [1.29, 1.82) is 0 Å². The largest absolute Gasteiger partial charge is 0.457 e. The second kappa shape index (κ2) is 5.79. The number of aromatic nitrogens is 1. The van der Waals surface area contributed by atoms with Crippen LogP contribution in [0.4, 0.5) is 0 Å². The number of nitrogens with two attached hydrogens (primary N) is 1. The third-order valence-electron chi connectivity index (χ3n) is 3.01. The number of pyridine rings is 1. The maximum Gasteiger partial charge on any atom is 0.138 e. The number of hydrogen-bond donors (Lipinski definition) is 1. The molecular formula is C16H11BrN2OS. The summed E-state index contributed by atoms with van der Waals surface area (Å²) < 4.78 is 6.82. The van der Waals surface area contributed by atoms with Gasteiger partial charge in [-0.2, -0.15) is 0 Å². The molecule has 1 aromatic heterocycles. The molecule has 2 N–H and O–H groups in total. The number of halogens is 1. The summed E-state index contributed by atoms with van der Waals surface area (Å²) in [6, 6.07) is 15.2. The van der Waals surface area contributed by atoms with Crippen LogP contribution < -0.4 is 10.5 Å². The molecule has 0 aliphatic carbocycles. The van der Waals surface area contributed by atoms with Crippen LogP contribution in [0.1, 0.15) is 5.56 Å². The summed E-state index contributed by atoms with van der Waals surface area (Å²) in [5.74, 6) is 1.31. The predicted molar refractivity (Wildman–Crippen MR) is 91.8 cm³/mol. The fraction of sp³-hybridized carbons (Fsp3) is 0. The van der Waals surface area contributed by atoms with Crippen molar-refractivity contribution < 1.29 is 4.74 Å². The molecule has 2 aromatic carbocycles. The van der Waals surface area contributed by atoms with E-state index in [9.17, 15) is 0 Å². The van der Waals surface area contributed by atoms with Gasteiger partial charge in [0.25, 0.3) is 0 Å². The van der Waals surface area contributed by atoms with Gasteiger partial charge in [0.05, 0.1) is 11.1 Å². The molecule has 3 nitrogen and oxygen atoms in total. The van der Waals surface area contributed by atoms with Crippen molar-refractivity contribution in [3.63, 3.8) is 0 Å². The maximum atomic E-state index is 5.92. The quantitative estimate of drug-likeness (QED) is 0.703. The predicted octanol–water partition coefficient (Wildman–Crippen LogP) is 4.42. The number of benzene rings is 2. The highest BCUT2D eigenvalue weighted by atomic mass is 79.9. The van der Waals surface area contributed by atoms with Crippen LogP contribution >= 0.6 is 28.1 Å². The molecule has 0 atom stereocenters. The summed E-state index contributed by atoms with van der Waals surface area (Å²) >= 11 is 8.48. The van der Waals surface area contributed by atoms with Crippen molar-refractivity contribution in [2.75, 3.05) is 0 Å². The Morgan fingerprint density at radius 1 is 1.14 bits per heavy atom. The molecule has 3 rings (SSSR count). The standard InChI is InChI=1S/C16H11BrN2OS/c17-11-4-6-13(16(18)21)15(8-11)20-12-5-3-10-2-1-7-19-14(10)9-12/h1-9H,(H2,18,21). The summed E-state index contributed by atoms with van der Waals surface area (Å²) in [5.41, 5.74) is 7.31. The van der Waals surface area contributed by atoms with E-state index in [0.29, 0.717) is 22.1 Å². The van der Waals surface area contributed by atoms with Gasteiger partial charge in [-0.1, -0.05) is 34.2 Å². The van der Waals surface area contributed by atoms with Crippen molar-refractivity contribution >= 4 is 44.0 Å². The highest BCUT2D eigenvalue weighted by Gasteiger charge is 2.09. The lowest BCUT2D eigenvalue weighted by Gasteiger charge is -2.11. The number of ether oxygens (including phenoxy) is 1. The normalized spacial score (nSPS) is 10.5. The van der Waals surface area contributed by atoms with E-state index in [-0.39, 0.29) is 0 Å². The van der Waals surface area contributed by atoms with Gasteiger partial charge < -0.3 is 10.5 Å². The molecule has 1 heterocycles. The van der Waals surface area contributed by atoms with Gasteiger partial charge in [-0.3, -0.25) is 4.98 Å². The number of thiocarbonyl (C=S) groups is 1.